The summed E-state index contributed by atoms with van der Waals surface area (Å²) in [6.07, 6.45) is 24.7. The summed E-state index contributed by atoms with van der Waals surface area (Å²) < 4.78 is 4.96. The molecule has 0 aromatic rings. The largest absolute Gasteiger partial charge is 0.469 e. The highest BCUT2D eigenvalue weighted by molar-refractivity contribution is 5.77. The fourth-order valence-corrected chi connectivity index (χ4v) is 5.90. The normalized spacial score (nSPS) is 16.8. The molecule has 0 aliphatic carbocycles. The van der Waals surface area contributed by atoms with Crippen LogP contribution >= 0.6 is 0 Å². The third-order valence-electron chi connectivity index (χ3n) is 8.62. The number of ether oxygens (including phenoxy) is 1. The number of carbonyl (C=O) groups is 3. The van der Waals surface area contributed by atoms with Crippen LogP contribution in [0.1, 0.15) is 135 Å². The highest BCUT2D eigenvalue weighted by Gasteiger charge is 2.35. The van der Waals surface area contributed by atoms with Gasteiger partial charge in [0.25, 0.3) is 0 Å². The molecule has 0 radical (unpaired) electrons. The van der Waals surface area contributed by atoms with Crippen LogP contribution in [0.15, 0.2) is 0 Å². The van der Waals surface area contributed by atoms with Crippen LogP contribution in [0.3, 0.4) is 0 Å². The first kappa shape index (κ1) is 39.2. The van der Waals surface area contributed by atoms with E-state index < -0.39 is 0 Å². The second-order valence-corrected chi connectivity index (χ2v) is 12.7. The van der Waals surface area contributed by atoms with E-state index in [2.05, 4.69) is 17.1 Å². The van der Waals surface area contributed by atoms with Crippen LogP contribution in [0.5, 0.6) is 0 Å². The van der Waals surface area contributed by atoms with Crippen molar-refractivity contribution in [3.8, 4) is 0 Å². The van der Waals surface area contributed by atoms with Gasteiger partial charge in [0.1, 0.15) is 0 Å². The minimum Gasteiger partial charge on any atom is -0.469 e. The number of rotatable bonds is 27. The number of esters is 1. The third-order valence-corrected chi connectivity index (χ3v) is 8.62. The summed E-state index contributed by atoms with van der Waals surface area (Å²) in [6, 6.07) is -0.167. The highest BCUT2D eigenvalue weighted by Crippen LogP contribution is 2.25. The number of carbonyl (C=O) groups excluding carboxylic acids is 3. The van der Waals surface area contributed by atoms with Crippen molar-refractivity contribution in [2.75, 3.05) is 54.0 Å². The van der Waals surface area contributed by atoms with Gasteiger partial charge in [-0.1, -0.05) is 103 Å². The van der Waals surface area contributed by atoms with Gasteiger partial charge in [-0.2, -0.15) is 0 Å². The lowest BCUT2D eigenvalue weighted by Gasteiger charge is -2.39. The minimum absolute atomic E-state index is 0.0398. The van der Waals surface area contributed by atoms with Crippen LogP contribution in [0.4, 0.5) is 4.79 Å². The predicted molar refractivity (Wildman–Crippen MR) is 175 cm³/mol. The number of hydrogen-bond donors (Lipinski definition) is 1. The van der Waals surface area contributed by atoms with Crippen LogP contribution in [0, 0.1) is 5.92 Å². The van der Waals surface area contributed by atoms with Crippen molar-refractivity contribution in [1.82, 2.24) is 20.2 Å². The lowest BCUT2D eigenvalue weighted by molar-refractivity contribution is -0.174. The van der Waals surface area contributed by atoms with Gasteiger partial charge in [0, 0.05) is 25.7 Å². The summed E-state index contributed by atoms with van der Waals surface area (Å²) in [5.74, 6) is -0.570. The Morgan fingerprint density at radius 3 is 1.88 bits per heavy atom. The lowest BCUT2D eigenvalue weighted by atomic mass is 9.91. The van der Waals surface area contributed by atoms with Crippen molar-refractivity contribution in [3.63, 3.8) is 0 Å². The maximum atomic E-state index is 13.1. The molecule has 252 valence electrons. The fourth-order valence-electron chi connectivity index (χ4n) is 5.90. The Labute approximate surface area is 263 Å². The zero-order chi connectivity index (χ0) is 31.5. The molecule has 0 aromatic heterocycles. The van der Waals surface area contributed by atoms with Gasteiger partial charge in [-0.25, -0.2) is 9.86 Å². The second kappa shape index (κ2) is 26.5. The maximum Gasteiger partial charge on any atom is 0.317 e. The van der Waals surface area contributed by atoms with Crippen LogP contribution in [0.2, 0.25) is 0 Å². The van der Waals surface area contributed by atoms with Gasteiger partial charge in [-0.3, -0.25) is 14.4 Å². The number of hydroxylamine groups is 2. The minimum atomic E-state index is -0.305. The standard InChI is InChI=1S/C34H66N4O5/c1-5-6-7-8-9-10-11-12-13-14-15-16-17-18-19-20-25-35-34(41)38-29-31(33(40)42-4)22-23-32(38)24-28-43-37(30-39)27-21-26-36(2)3/h30-32H,5-29H2,1-4H3,(H,35,41). The lowest BCUT2D eigenvalue weighted by Crippen LogP contribution is -2.53. The molecule has 3 amide bonds. The number of likely N-dealkylation sites (tertiary alicyclic amines) is 1. The molecule has 1 saturated heterocycles. The van der Waals surface area contributed by atoms with Gasteiger partial charge in [-0.15, -0.1) is 0 Å². The van der Waals surface area contributed by atoms with Crippen molar-refractivity contribution in [2.24, 2.45) is 5.92 Å². The molecule has 0 spiro atoms. The zero-order valence-electron chi connectivity index (χ0n) is 28.3. The van der Waals surface area contributed by atoms with E-state index in [1.165, 1.54) is 102 Å². The molecule has 1 heterocycles. The number of urea groups is 1. The average molecular weight is 611 g/mol. The molecule has 2 atom stereocenters. The first-order chi connectivity index (χ1) is 20.9. The highest BCUT2D eigenvalue weighted by atomic mass is 16.7. The molecule has 0 aromatic carbocycles. The second-order valence-electron chi connectivity index (χ2n) is 12.7. The summed E-state index contributed by atoms with van der Waals surface area (Å²) in [6.45, 7) is 5.01. The van der Waals surface area contributed by atoms with E-state index in [0.717, 1.165) is 25.8 Å². The zero-order valence-corrected chi connectivity index (χ0v) is 28.3. The Morgan fingerprint density at radius 2 is 1.37 bits per heavy atom. The summed E-state index contributed by atoms with van der Waals surface area (Å²) in [5, 5.41) is 4.42. The van der Waals surface area contributed by atoms with Crippen molar-refractivity contribution in [2.45, 2.75) is 141 Å². The monoisotopic (exact) mass is 611 g/mol. The van der Waals surface area contributed by atoms with Gasteiger partial charge < -0.3 is 19.9 Å². The fraction of sp³-hybridized carbons (Fsp3) is 0.912. The molecule has 1 aliphatic rings. The Morgan fingerprint density at radius 1 is 0.814 bits per heavy atom. The Balaban J connectivity index is 2.23. The van der Waals surface area contributed by atoms with E-state index in [0.29, 0.717) is 51.9 Å². The molecule has 0 bridgehead atoms. The molecule has 1 rings (SSSR count). The number of methoxy groups -OCH3 is 1. The van der Waals surface area contributed by atoms with E-state index in [4.69, 9.17) is 9.57 Å². The molecular weight excluding hydrogens is 544 g/mol. The van der Waals surface area contributed by atoms with E-state index in [1.54, 1.807) is 4.90 Å². The van der Waals surface area contributed by atoms with Crippen molar-refractivity contribution in [1.29, 1.82) is 0 Å². The van der Waals surface area contributed by atoms with E-state index in [9.17, 15) is 14.4 Å². The molecule has 1 N–H and O–H groups in total. The number of nitrogens with one attached hydrogen (secondary N) is 1. The molecule has 43 heavy (non-hydrogen) atoms. The summed E-state index contributed by atoms with van der Waals surface area (Å²) >= 11 is 0. The number of nitrogens with zero attached hydrogens (tertiary/aromatic N) is 3. The number of hydrogen-bond acceptors (Lipinski definition) is 6. The molecule has 9 nitrogen and oxygen atoms in total. The van der Waals surface area contributed by atoms with Crippen molar-refractivity contribution < 1.29 is 24.0 Å². The van der Waals surface area contributed by atoms with Crippen molar-refractivity contribution in [3.05, 3.63) is 0 Å². The SMILES string of the molecule is CCCCCCCCCCCCCCCCCCNC(=O)N1CC(C(=O)OC)CCC1CCON(C=O)CCCN(C)C. The number of unbranched alkanes of at least 4 members (excludes halogenated alkanes) is 15. The molecule has 2 unspecified atom stereocenters. The Kier molecular flexibility index (Phi) is 24.2. The van der Waals surface area contributed by atoms with Gasteiger partial charge in [0.15, 0.2) is 0 Å². The maximum absolute atomic E-state index is 13.1. The molecule has 1 aliphatic heterocycles. The first-order valence-corrected chi connectivity index (χ1v) is 17.5. The molecular formula is C34H66N4O5. The molecule has 0 saturated carbocycles. The van der Waals surface area contributed by atoms with E-state index >= 15 is 0 Å². The number of amides is 3. The topological polar surface area (TPSA) is 91.4 Å². The van der Waals surface area contributed by atoms with Gasteiger partial charge in [-0.05, 0) is 52.7 Å². The van der Waals surface area contributed by atoms with Gasteiger partial charge in [0.05, 0.1) is 19.6 Å². The van der Waals surface area contributed by atoms with E-state index in [-0.39, 0.29) is 24.0 Å². The van der Waals surface area contributed by atoms with Crippen LogP contribution in [-0.4, -0.2) is 93.3 Å². The smallest absolute Gasteiger partial charge is 0.317 e. The van der Waals surface area contributed by atoms with Crippen LogP contribution in [-0.2, 0) is 19.2 Å². The molecule has 9 heteroatoms. The average Bonchev–Trinajstić information content (AvgIpc) is 3.01. The number of piperidine rings is 1. The summed E-state index contributed by atoms with van der Waals surface area (Å²) in [4.78, 5) is 46.3. The first-order valence-electron chi connectivity index (χ1n) is 17.5. The Hall–Kier alpha value is -1.87. The predicted octanol–water partition coefficient (Wildman–Crippen LogP) is 6.94. The van der Waals surface area contributed by atoms with Gasteiger partial charge >= 0.3 is 12.0 Å². The van der Waals surface area contributed by atoms with Crippen LogP contribution in [0.25, 0.3) is 0 Å². The quantitative estimate of drug-likeness (QED) is 0.0469. The summed E-state index contributed by atoms with van der Waals surface area (Å²) in [5.41, 5.74) is 0. The molecule has 1 fully saturated rings. The third kappa shape index (κ3) is 19.9. The Bertz CT molecular complexity index is 708. The van der Waals surface area contributed by atoms with Gasteiger partial charge in [0.2, 0.25) is 6.41 Å². The van der Waals surface area contributed by atoms with Crippen molar-refractivity contribution >= 4 is 18.4 Å². The summed E-state index contributed by atoms with van der Waals surface area (Å²) in [7, 11) is 5.39. The van der Waals surface area contributed by atoms with Crippen LogP contribution < -0.4 is 5.32 Å². The van der Waals surface area contributed by atoms with E-state index in [1.807, 2.05) is 14.1 Å².